The highest BCUT2D eigenvalue weighted by Gasteiger charge is 2.30. The van der Waals surface area contributed by atoms with Crippen LogP contribution in [0.1, 0.15) is 17.7 Å². The smallest absolute Gasteiger partial charge is 0.381 e. The number of benzene rings is 1. The molecule has 0 amide bonds. The molecule has 0 aliphatic rings. The predicted molar refractivity (Wildman–Crippen MR) is 96.8 cm³/mol. The number of hydrogen-bond donors (Lipinski definition) is 2. The lowest BCUT2D eigenvalue weighted by molar-refractivity contribution is -0.137. The molecule has 2 aromatic heterocycles. The van der Waals surface area contributed by atoms with Crippen LogP contribution in [0.15, 0.2) is 30.5 Å². The summed E-state index contributed by atoms with van der Waals surface area (Å²) in [5, 5.41) is 7.02. The van der Waals surface area contributed by atoms with E-state index in [-0.39, 0.29) is 17.5 Å². The highest BCUT2D eigenvalue weighted by molar-refractivity contribution is 5.63. The molecule has 1 aromatic carbocycles. The summed E-state index contributed by atoms with van der Waals surface area (Å²) in [6.07, 6.45) is -1.05. The number of nitrogens with zero attached hydrogens (tertiary/aromatic N) is 5. The normalized spacial score (nSPS) is 12.1. The first kappa shape index (κ1) is 18.9. The van der Waals surface area contributed by atoms with Crippen LogP contribution in [0.5, 0.6) is 0 Å². The summed E-state index contributed by atoms with van der Waals surface area (Å²) < 4.78 is 40.0. The molecule has 0 bridgehead atoms. The molecule has 7 nitrogen and oxygen atoms in total. The maximum absolute atomic E-state index is 12.8. The average molecular weight is 379 g/mol. The van der Waals surface area contributed by atoms with Crippen molar-refractivity contribution in [2.45, 2.75) is 19.0 Å². The minimum Gasteiger partial charge on any atom is -0.381 e. The molecule has 0 saturated carbocycles. The average Bonchev–Trinajstić information content (AvgIpc) is 2.97. The summed E-state index contributed by atoms with van der Waals surface area (Å²) in [6, 6.07) is 4.83. The lowest BCUT2D eigenvalue weighted by Gasteiger charge is -2.08. The lowest BCUT2D eigenvalue weighted by atomic mass is 10.2. The number of nitrogens with one attached hydrogen (secondary N) is 1. The third-order valence-corrected chi connectivity index (χ3v) is 3.88. The summed E-state index contributed by atoms with van der Waals surface area (Å²) in [4.78, 5) is 10.6. The summed E-state index contributed by atoms with van der Waals surface area (Å²) in [5.74, 6) is 0.371. The Hall–Kier alpha value is -2.88. The van der Waals surface area contributed by atoms with E-state index in [1.165, 1.54) is 16.6 Å². The third-order valence-electron chi connectivity index (χ3n) is 3.88. The molecule has 0 unspecified atom stereocenters. The van der Waals surface area contributed by atoms with E-state index in [0.717, 1.165) is 37.2 Å². The van der Waals surface area contributed by atoms with Crippen LogP contribution in [0.2, 0.25) is 0 Å². The predicted octanol–water partition coefficient (Wildman–Crippen LogP) is 2.96. The van der Waals surface area contributed by atoms with E-state index in [1.807, 2.05) is 14.1 Å². The van der Waals surface area contributed by atoms with Gasteiger partial charge in [-0.25, -0.2) is 9.50 Å². The van der Waals surface area contributed by atoms with Crippen molar-refractivity contribution in [1.29, 1.82) is 0 Å². The number of nitrogens with two attached hydrogens (primary N) is 1. The number of aromatic nitrogens is 4. The van der Waals surface area contributed by atoms with Gasteiger partial charge in [0.15, 0.2) is 11.5 Å². The van der Waals surface area contributed by atoms with Gasteiger partial charge in [0.05, 0.1) is 17.5 Å². The van der Waals surface area contributed by atoms with Gasteiger partial charge in [0.25, 0.3) is 0 Å². The molecule has 0 atom stereocenters. The minimum atomic E-state index is -4.42. The molecule has 144 valence electrons. The monoisotopic (exact) mass is 379 g/mol. The molecule has 0 aliphatic carbocycles. The zero-order valence-corrected chi connectivity index (χ0v) is 15.0. The van der Waals surface area contributed by atoms with Crippen molar-refractivity contribution in [1.82, 2.24) is 24.5 Å². The second-order valence-corrected chi connectivity index (χ2v) is 6.43. The van der Waals surface area contributed by atoms with Crippen LogP contribution >= 0.6 is 0 Å². The Kier molecular flexibility index (Phi) is 5.17. The van der Waals surface area contributed by atoms with Crippen LogP contribution in [0.3, 0.4) is 0 Å². The molecule has 3 rings (SSSR count). The number of aryl methyl sites for hydroxylation is 1. The molecular weight excluding hydrogens is 359 g/mol. The van der Waals surface area contributed by atoms with Crippen LogP contribution in [0.4, 0.5) is 30.6 Å². The van der Waals surface area contributed by atoms with Crippen molar-refractivity contribution in [3.05, 3.63) is 41.7 Å². The fraction of sp³-hybridized carbons (Fsp3) is 0.353. The molecule has 3 N–H and O–H groups in total. The Morgan fingerprint density at radius 3 is 2.70 bits per heavy atom. The molecule has 27 heavy (non-hydrogen) atoms. The fourth-order valence-electron chi connectivity index (χ4n) is 2.61. The minimum absolute atomic E-state index is 0.147. The first-order valence-electron chi connectivity index (χ1n) is 8.33. The van der Waals surface area contributed by atoms with Gasteiger partial charge in [0.1, 0.15) is 0 Å². The standard InChI is InChI=1S/C17H20F3N7/c1-26(2)8-4-7-13-10-27-15(14(21)22-13)24-16(25-27)23-12-6-3-5-11(9-12)17(18,19)20/h3,5-6,9-10H,4,7-8H2,1-2H3,(H2,21,22)(H,23,25). The van der Waals surface area contributed by atoms with Gasteiger partial charge in [-0.15, -0.1) is 5.10 Å². The van der Waals surface area contributed by atoms with E-state index >= 15 is 0 Å². The Morgan fingerprint density at radius 2 is 2.00 bits per heavy atom. The van der Waals surface area contributed by atoms with Gasteiger partial charge < -0.3 is 16.0 Å². The second-order valence-electron chi connectivity index (χ2n) is 6.43. The van der Waals surface area contributed by atoms with E-state index in [0.29, 0.717) is 5.65 Å². The summed E-state index contributed by atoms with van der Waals surface area (Å²) in [6.45, 7) is 0.916. The topological polar surface area (TPSA) is 84.4 Å². The molecule has 0 saturated heterocycles. The Bertz CT molecular complexity index is 934. The largest absolute Gasteiger partial charge is 0.416 e. The van der Waals surface area contributed by atoms with E-state index < -0.39 is 11.7 Å². The molecule has 2 heterocycles. The quantitative estimate of drug-likeness (QED) is 0.685. The van der Waals surface area contributed by atoms with Crippen molar-refractivity contribution < 1.29 is 13.2 Å². The molecule has 10 heteroatoms. The van der Waals surface area contributed by atoms with Crippen LogP contribution in [-0.4, -0.2) is 45.1 Å². The second kappa shape index (κ2) is 7.39. The van der Waals surface area contributed by atoms with Crippen molar-refractivity contribution >= 4 is 23.1 Å². The number of alkyl halides is 3. The van der Waals surface area contributed by atoms with Crippen LogP contribution < -0.4 is 11.1 Å². The van der Waals surface area contributed by atoms with E-state index in [9.17, 15) is 13.2 Å². The Balaban J connectivity index is 1.81. The summed E-state index contributed by atoms with van der Waals surface area (Å²) in [7, 11) is 3.99. The van der Waals surface area contributed by atoms with Gasteiger partial charge in [0.2, 0.25) is 5.95 Å². The van der Waals surface area contributed by atoms with Gasteiger partial charge in [-0.05, 0) is 51.7 Å². The number of nitrogen functional groups attached to an aromatic ring is 1. The van der Waals surface area contributed by atoms with Crippen molar-refractivity contribution in [3.63, 3.8) is 0 Å². The van der Waals surface area contributed by atoms with Gasteiger partial charge in [0, 0.05) is 5.69 Å². The Morgan fingerprint density at radius 1 is 1.22 bits per heavy atom. The highest BCUT2D eigenvalue weighted by atomic mass is 19.4. The van der Waals surface area contributed by atoms with Gasteiger partial charge in [-0.2, -0.15) is 18.2 Å². The van der Waals surface area contributed by atoms with E-state index in [4.69, 9.17) is 5.73 Å². The number of hydrogen-bond acceptors (Lipinski definition) is 6. The first-order valence-corrected chi connectivity index (χ1v) is 8.33. The maximum atomic E-state index is 12.8. The molecule has 3 aromatic rings. The van der Waals surface area contributed by atoms with Crippen molar-refractivity contribution in [2.75, 3.05) is 31.7 Å². The van der Waals surface area contributed by atoms with Crippen LogP contribution in [0, 0.1) is 0 Å². The van der Waals surface area contributed by atoms with E-state index in [2.05, 4.69) is 25.3 Å². The fourth-order valence-corrected chi connectivity index (χ4v) is 2.61. The Labute approximate surface area is 154 Å². The van der Waals surface area contributed by atoms with Crippen molar-refractivity contribution in [3.8, 4) is 0 Å². The molecule has 0 fully saturated rings. The summed E-state index contributed by atoms with van der Waals surface area (Å²) in [5.41, 5.74) is 6.56. The summed E-state index contributed by atoms with van der Waals surface area (Å²) >= 11 is 0. The number of halogens is 3. The zero-order chi connectivity index (χ0) is 19.6. The molecule has 0 spiro atoms. The van der Waals surface area contributed by atoms with E-state index in [1.54, 1.807) is 6.20 Å². The molecule has 0 aliphatic heterocycles. The van der Waals surface area contributed by atoms with Gasteiger partial charge in [-0.3, -0.25) is 0 Å². The zero-order valence-electron chi connectivity index (χ0n) is 15.0. The van der Waals surface area contributed by atoms with Crippen molar-refractivity contribution in [2.24, 2.45) is 0 Å². The number of anilines is 3. The lowest BCUT2D eigenvalue weighted by Crippen LogP contribution is -2.14. The third kappa shape index (κ3) is 4.64. The first-order chi connectivity index (χ1) is 12.7. The van der Waals surface area contributed by atoms with Crippen LogP contribution in [-0.2, 0) is 12.6 Å². The SMILES string of the molecule is CN(C)CCCc1cn2nc(Nc3cccc(C(F)(F)F)c3)nc2c(N)n1. The van der Waals surface area contributed by atoms with Gasteiger partial charge in [-0.1, -0.05) is 6.07 Å². The number of rotatable bonds is 6. The molecule has 0 radical (unpaired) electrons. The maximum Gasteiger partial charge on any atom is 0.416 e. The van der Waals surface area contributed by atoms with Gasteiger partial charge >= 0.3 is 6.18 Å². The highest BCUT2D eigenvalue weighted by Crippen LogP contribution is 2.31. The molecular formula is C17H20F3N7. The number of fused-ring (bicyclic) bond motifs is 1. The van der Waals surface area contributed by atoms with Crippen LogP contribution in [0.25, 0.3) is 5.65 Å².